The van der Waals surface area contributed by atoms with Gasteiger partial charge in [-0.3, -0.25) is 9.69 Å². The quantitative estimate of drug-likeness (QED) is 0.811. The first-order chi connectivity index (χ1) is 9.93. The monoisotopic (exact) mass is 292 g/mol. The highest BCUT2D eigenvalue weighted by Crippen LogP contribution is 2.14. The zero-order valence-corrected chi connectivity index (χ0v) is 12.9. The minimum absolute atomic E-state index is 0.00690. The standard InChI is InChI=1S/C16H24N2O3/c1-4-12(2)10-13(3)17-16(21)18(11-15(19)20)14-8-6-5-7-9-14/h5-9,12-13H,4,10-11H2,1-3H3,(H,17,21)(H,19,20). The molecular formula is C16H24N2O3. The number of nitrogens with zero attached hydrogens (tertiary/aromatic N) is 1. The lowest BCUT2D eigenvalue weighted by Gasteiger charge is -2.25. The van der Waals surface area contributed by atoms with Crippen molar-refractivity contribution in [3.05, 3.63) is 30.3 Å². The molecule has 0 aliphatic rings. The number of benzene rings is 1. The highest BCUT2D eigenvalue weighted by molar-refractivity contribution is 5.96. The molecule has 0 spiro atoms. The molecule has 0 bridgehead atoms. The van der Waals surface area contributed by atoms with Crippen LogP contribution in [0.2, 0.25) is 0 Å². The maximum Gasteiger partial charge on any atom is 0.323 e. The van der Waals surface area contributed by atoms with Gasteiger partial charge in [0, 0.05) is 11.7 Å². The third kappa shape index (κ3) is 5.85. The molecule has 0 heterocycles. The molecule has 2 amide bonds. The highest BCUT2D eigenvalue weighted by atomic mass is 16.4. The van der Waals surface area contributed by atoms with Crippen LogP contribution in [0, 0.1) is 5.92 Å². The van der Waals surface area contributed by atoms with Gasteiger partial charge in [0.05, 0.1) is 0 Å². The zero-order valence-electron chi connectivity index (χ0n) is 12.9. The summed E-state index contributed by atoms with van der Waals surface area (Å²) in [6.07, 6.45) is 1.93. The van der Waals surface area contributed by atoms with Crippen molar-refractivity contribution >= 4 is 17.7 Å². The van der Waals surface area contributed by atoms with Crippen LogP contribution in [0.4, 0.5) is 10.5 Å². The number of aliphatic carboxylic acids is 1. The largest absolute Gasteiger partial charge is 0.480 e. The fourth-order valence-electron chi connectivity index (χ4n) is 2.14. The number of carbonyl (C=O) groups excluding carboxylic acids is 1. The van der Waals surface area contributed by atoms with Crippen molar-refractivity contribution < 1.29 is 14.7 Å². The molecule has 0 saturated carbocycles. The third-order valence-electron chi connectivity index (χ3n) is 3.43. The van der Waals surface area contributed by atoms with Crippen LogP contribution in [0.1, 0.15) is 33.6 Å². The smallest absolute Gasteiger partial charge is 0.323 e. The van der Waals surface area contributed by atoms with Crippen LogP contribution in [-0.4, -0.2) is 29.7 Å². The minimum Gasteiger partial charge on any atom is -0.480 e. The number of urea groups is 1. The number of carboxylic acids is 1. The molecule has 0 aromatic heterocycles. The Hall–Kier alpha value is -2.04. The van der Waals surface area contributed by atoms with Crippen molar-refractivity contribution in [1.29, 1.82) is 0 Å². The van der Waals surface area contributed by atoms with E-state index in [1.54, 1.807) is 24.3 Å². The molecule has 116 valence electrons. The number of rotatable bonds is 7. The minimum atomic E-state index is -1.04. The van der Waals surface area contributed by atoms with Crippen LogP contribution in [-0.2, 0) is 4.79 Å². The number of para-hydroxylation sites is 1. The van der Waals surface area contributed by atoms with E-state index in [-0.39, 0.29) is 18.6 Å². The number of hydrogen-bond acceptors (Lipinski definition) is 2. The fraction of sp³-hybridized carbons (Fsp3) is 0.500. The maximum atomic E-state index is 12.3. The van der Waals surface area contributed by atoms with Crippen molar-refractivity contribution in [2.75, 3.05) is 11.4 Å². The van der Waals surface area contributed by atoms with E-state index in [1.807, 2.05) is 13.0 Å². The number of carbonyl (C=O) groups is 2. The normalized spacial score (nSPS) is 13.3. The maximum absolute atomic E-state index is 12.3. The molecule has 1 aromatic rings. The summed E-state index contributed by atoms with van der Waals surface area (Å²) in [5.41, 5.74) is 0.577. The average Bonchev–Trinajstić information content (AvgIpc) is 2.45. The Morgan fingerprint density at radius 3 is 2.38 bits per heavy atom. The molecule has 5 heteroatoms. The van der Waals surface area contributed by atoms with Gasteiger partial charge >= 0.3 is 12.0 Å². The molecule has 0 aliphatic carbocycles. The van der Waals surface area contributed by atoms with Crippen molar-refractivity contribution in [2.45, 2.75) is 39.7 Å². The molecule has 0 saturated heterocycles. The van der Waals surface area contributed by atoms with Gasteiger partial charge in [0.15, 0.2) is 0 Å². The van der Waals surface area contributed by atoms with Gasteiger partial charge in [-0.15, -0.1) is 0 Å². The Balaban J connectivity index is 2.75. The predicted octanol–water partition coefficient (Wildman–Crippen LogP) is 3.11. The van der Waals surface area contributed by atoms with E-state index in [0.717, 1.165) is 12.8 Å². The van der Waals surface area contributed by atoms with Gasteiger partial charge in [0.1, 0.15) is 6.54 Å². The number of anilines is 1. The van der Waals surface area contributed by atoms with E-state index in [1.165, 1.54) is 4.90 Å². The van der Waals surface area contributed by atoms with Gasteiger partial charge in [-0.1, -0.05) is 38.5 Å². The van der Waals surface area contributed by atoms with E-state index < -0.39 is 5.97 Å². The van der Waals surface area contributed by atoms with E-state index in [4.69, 9.17) is 5.11 Å². The molecular weight excluding hydrogens is 268 g/mol. The molecule has 5 nitrogen and oxygen atoms in total. The molecule has 2 atom stereocenters. The summed E-state index contributed by atoms with van der Waals surface area (Å²) in [6.45, 7) is 5.83. The van der Waals surface area contributed by atoms with Gasteiger partial charge < -0.3 is 10.4 Å². The third-order valence-corrected chi connectivity index (χ3v) is 3.43. The summed E-state index contributed by atoms with van der Waals surface area (Å²) in [5, 5.41) is 11.9. The fourth-order valence-corrected chi connectivity index (χ4v) is 2.14. The van der Waals surface area contributed by atoms with Crippen LogP contribution in [0.15, 0.2) is 30.3 Å². The van der Waals surface area contributed by atoms with Crippen molar-refractivity contribution in [3.8, 4) is 0 Å². The molecule has 0 aliphatic heterocycles. The first-order valence-corrected chi connectivity index (χ1v) is 7.28. The second-order valence-electron chi connectivity index (χ2n) is 5.42. The summed E-state index contributed by atoms with van der Waals surface area (Å²) in [4.78, 5) is 24.5. The number of nitrogens with one attached hydrogen (secondary N) is 1. The Labute approximate surface area is 126 Å². The Kier molecular flexibility index (Phi) is 6.72. The number of amides is 2. The van der Waals surface area contributed by atoms with Crippen LogP contribution in [0.5, 0.6) is 0 Å². The predicted molar refractivity (Wildman–Crippen MR) is 83.5 cm³/mol. The van der Waals surface area contributed by atoms with Gasteiger partial charge in [0.25, 0.3) is 0 Å². The Bertz CT molecular complexity index is 462. The van der Waals surface area contributed by atoms with Gasteiger partial charge in [-0.05, 0) is 31.4 Å². The second-order valence-corrected chi connectivity index (χ2v) is 5.42. The van der Waals surface area contributed by atoms with Crippen molar-refractivity contribution in [3.63, 3.8) is 0 Å². The molecule has 0 fully saturated rings. The molecule has 1 rings (SSSR count). The van der Waals surface area contributed by atoms with Crippen molar-refractivity contribution in [2.24, 2.45) is 5.92 Å². The molecule has 2 unspecified atom stereocenters. The lowest BCUT2D eigenvalue weighted by Crippen LogP contribution is -2.46. The first kappa shape index (κ1) is 17.0. The summed E-state index contributed by atoms with van der Waals surface area (Å²) >= 11 is 0. The summed E-state index contributed by atoms with van der Waals surface area (Å²) < 4.78 is 0. The van der Waals surface area contributed by atoms with Crippen LogP contribution in [0.3, 0.4) is 0 Å². The first-order valence-electron chi connectivity index (χ1n) is 7.28. The Morgan fingerprint density at radius 1 is 1.24 bits per heavy atom. The summed E-state index contributed by atoms with van der Waals surface area (Å²) in [6, 6.07) is 8.46. The topological polar surface area (TPSA) is 69.6 Å². The molecule has 1 aromatic carbocycles. The van der Waals surface area contributed by atoms with E-state index in [0.29, 0.717) is 11.6 Å². The molecule has 2 N–H and O–H groups in total. The van der Waals surface area contributed by atoms with Gasteiger partial charge in [-0.2, -0.15) is 0 Å². The van der Waals surface area contributed by atoms with Crippen LogP contribution in [0.25, 0.3) is 0 Å². The molecule has 21 heavy (non-hydrogen) atoms. The van der Waals surface area contributed by atoms with Crippen LogP contribution >= 0.6 is 0 Å². The number of carboxylic acid groups (broad SMARTS) is 1. The van der Waals surface area contributed by atoms with Gasteiger partial charge in [0.2, 0.25) is 0 Å². The van der Waals surface area contributed by atoms with E-state index >= 15 is 0 Å². The van der Waals surface area contributed by atoms with Crippen LogP contribution < -0.4 is 10.2 Å². The van der Waals surface area contributed by atoms with E-state index in [2.05, 4.69) is 19.2 Å². The average molecular weight is 292 g/mol. The lowest BCUT2D eigenvalue weighted by molar-refractivity contribution is -0.135. The van der Waals surface area contributed by atoms with Crippen molar-refractivity contribution in [1.82, 2.24) is 5.32 Å². The van der Waals surface area contributed by atoms with E-state index in [9.17, 15) is 9.59 Å². The summed E-state index contributed by atoms with van der Waals surface area (Å²) in [5.74, 6) is -0.520. The zero-order chi connectivity index (χ0) is 15.8. The second kappa shape index (κ2) is 8.29. The lowest BCUT2D eigenvalue weighted by atomic mass is 10.0. The SMILES string of the molecule is CCC(C)CC(C)NC(=O)N(CC(=O)O)c1ccccc1. The number of hydrogen-bond donors (Lipinski definition) is 2. The van der Waals surface area contributed by atoms with Gasteiger partial charge in [-0.25, -0.2) is 4.79 Å². The highest BCUT2D eigenvalue weighted by Gasteiger charge is 2.20. The Morgan fingerprint density at radius 2 is 1.86 bits per heavy atom. The molecule has 0 radical (unpaired) electrons. The summed E-state index contributed by atoms with van der Waals surface area (Å²) in [7, 11) is 0.